The van der Waals surface area contributed by atoms with Gasteiger partial charge in [-0.2, -0.15) is 0 Å². The topological polar surface area (TPSA) is 66.9 Å². The van der Waals surface area contributed by atoms with Crippen LogP contribution in [-0.4, -0.2) is 53.3 Å². The summed E-state index contributed by atoms with van der Waals surface area (Å²) < 4.78 is 35.1. The predicted octanol–water partition coefficient (Wildman–Crippen LogP) is 4.04. The molecule has 7 nitrogen and oxygen atoms in total. The fraction of sp³-hybridized carbons (Fsp3) is 0.368. The van der Waals surface area contributed by atoms with Crippen LogP contribution < -0.4 is 14.8 Å². The number of nitrogens with zero attached hydrogens (tertiary/aromatic N) is 3. The molecule has 1 fully saturated rings. The summed E-state index contributed by atoms with van der Waals surface area (Å²) in [4.78, 5) is 20.2. The Kier molecular flexibility index (Phi) is 6.09. The average Bonchev–Trinajstić information content (AvgIpc) is 2.97. The lowest BCUT2D eigenvalue weighted by Gasteiger charge is -2.34. The number of hydrogen-bond donors (Lipinski definition) is 1. The molecule has 4 rings (SSSR count). The predicted molar refractivity (Wildman–Crippen MR) is 104 cm³/mol. The van der Waals surface area contributed by atoms with Crippen molar-refractivity contribution >= 4 is 23.3 Å². The number of pyridine rings is 1. The van der Waals surface area contributed by atoms with Gasteiger partial charge in [-0.15, -0.1) is 8.78 Å². The minimum Gasteiger partial charge on any atom is -0.395 e. The summed E-state index contributed by atoms with van der Waals surface area (Å²) in [6.45, 7) is 2.93. The summed E-state index contributed by atoms with van der Waals surface area (Å²) >= 11 is 6.03. The van der Waals surface area contributed by atoms with Gasteiger partial charge in [-0.25, -0.2) is 4.79 Å². The Labute approximate surface area is 172 Å². The van der Waals surface area contributed by atoms with Crippen LogP contribution in [0.3, 0.4) is 0 Å². The van der Waals surface area contributed by atoms with Crippen molar-refractivity contribution in [2.45, 2.75) is 20.3 Å². The quantitative estimate of drug-likeness (QED) is 0.802. The summed E-state index contributed by atoms with van der Waals surface area (Å²) in [7, 11) is 0. The number of fused-ring (bicyclic) bond motifs is 1. The van der Waals surface area contributed by atoms with Crippen LogP contribution in [-0.2, 0) is 6.54 Å². The van der Waals surface area contributed by atoms with Gasteiger partial charge in [0.25, 0.3) is 0 Å². The fourth-order valence-electron chi connectivity index (χ4n) is 3.12. The van der Waals surface area contributed by atoms with Crippen LogP contribution in [0.2, 0.25) is 5.02 Å². The second kappa shape index (κ2) is 8.38. The van der Waals surface area contributed by atoms with Gasteiger partial charge in [0.15, 0.2) is 11.5 Å². The Morgan fingerprint density at radius 3 is 2.62 bits per heavy atom. The minimum atomic E-state index is -3.61. The van der Waals surface area contributed by atoms with E-state index in [9.17, 15) is 13.6 Å². The maximum Gasteiger partial charge on any atom is 0.586 e. The number of halogens is 3. The van der Waals surface area contributed by atoms with Crippen molar-refractivity contribution in [3.05, 3.63) is 47.2 Å². The van der Waals surface area contributed by atoms with E-state index in [4.69, 9.17) is 11.6 Å². The molecule has 29 heavy (non-hydrogen) atoms. The lowest BCUT2D eigenvalue weighted by atomic mass is 10.1. The van der Waals surface area contributed by atoms with Crippen LogP contribution in [0.1, 0.15) is 13.0 Å². The zero-order valence-electron chi connectivity index (χ0n) is 14.7. The van der Waals surface area contributed by atoms with Crippen LogP contribution in [0, 0.1) is 0 Å². The van der Waals surface area contributed by atoms with E-state index in [0.717, 1.165) is 5.56 Å². The Morgan fingerprint density at radius 2 is 1.90 bits per heavy atom. The van der Waals surface area contributed by atoms with Crippen molar-refractivity contribution in [1.82, 2.24) is 14.8 Å². The standard InChI is InChI=1S/C18H17ClF2N4O3.CH4/c19-13-3-4-22-10-14(13)23-17(26)25-7-5-24(6-8-25)11-12-1-2-15-16(9-12)28-18(20,21)27-15;/h1-4,9-10H,5-8,11H2,(H,23,26);1H4. The van der Waals surface area contributed by atoms with Gasteiger partial charge in [0.2, 0.25) is 0 Å². The number of benzene rings is 1. The first-order chi connectivity index (χ1) is 13.4. The van der Waals surface area contributed by atoms with Crippen molar-refractivity contribution < 1.29 is 23.0 Å². The molecule has 2 aliphatic rings. The van der Waals surface area contributed by atoms with Crippen LogP contribution in [0.4, 0.5) is 19.3 Å². The lowest BCUT2D eigenvalue weighted by molar-refractivity contribution is -0.286. The number of ether oxygens (including phenoxy) is 2. The smallest absolute Gasteiger partial charge is 0.395 e. The van der Waals surface area contributed by atoms with E-state index in [0.29, 0.717) is 43.4 Å². The third kappa shape index (κ3) is 4.86. The fourth-order valence-corrected chi connectivity index (χ4v) is 3.28. The van der Waals surface area contributed by atoms with Gasteiger partial charge < -0.3 is 19.7 Å². The summed E-state index contributed by atoms with van der Waals surface area (Å²) in [5.74, 6) is 0.0677. The molecule has 0 radical (unpaired) electrons. The number of hydrogen-bond acceptors (Lipinski definition) is 5. The van der Waals surface area contributed by atoms with Gasteiger partial charge in [0.1, 0.15) is 0 Å². The molecule has 1 N–H and O–H groups in total. The SMILES string of the molecule is C.O=C(Nc1cnccc1Cl)N1CCN(Cc2ccc3c(c2)OC(F)(F)O3)CC1. The largest absolute Gasteiger partial charge is 0.586 e. The summed E-state index contributed by atoms with van der Waals surface area (Å²) in [6, 6.07) is 6.13. The van der Waals surface area contributed by atoms with Crippen molar-refractivity contribution in [1.29, 1.82) is 0 Å². The van der Waals surface area contributed by atoms with E-state index in [1.165, 1.54) is 12.3 Å². The first-order valence-corrected chi connectivity index (χ1v) is 9.04. The molecule has 0 bridgehead atoms. The number of rotatable bonds is 3. The summed E-state index contributed by atoms with van der Waals surface area (Å²) in [5, 5.41) is 3.18. The molecule has 3 heterocycles. The highest BCUT2D eigenvalue weighted by Crippen LogP contribution is 2.41. The second-order valence-electron chi connectivity index (χ2n) is 6.50. The number of carbonyl (C=O) groups excluding carboxylic acids is 1. The monoisotopic (exact) mass is 426 g/mol. The average molecular weight is 427 g/mol. The third-order valence-electron chi connectivity index (χ3n) is 4.54. The number of urea groups is 1. The molecular formula is C19H21ClF2N4O3. The molecule has 2 amide bonds. The Hall–Kier alpha value is -2.65. The molecule has 1 saturated heterocycles. The number of amides is 2. The van der Waals surface area contributed by atoms with Crippen LogP contribution in [0.15, 0.2) is 36.7 Å². The van der Waals surface area contributed by atoms with E-state index in [-0.39, 0.29) is 25.0 Å². The maximum absolute atomic E-state index is 13.1. The van der Waals surface area contributed by atoms with Crippen LogP contribution >= 0.6 is 11.6 Å². The number of aromatic nitrogens is 1. The van der Waals surface area contributed by atoms with E-state index < -0.39 is 6.29 Å². The number of nitrogens with one attached hydrogen (secondary N) is 1. The number of anilines is 1. The van der Waals surface area contributed by atoms with Crippen LogP contribution in [0.5, 0.6) is 11.5 Å². The van der Waals surface area contributed by atoms with Crippen molar-refractivity contribution in [2.75, 3.05) is 31.5 Å². The normalized spacial score (nSPS) is 17.6. The molecule has 10 heteroatoms. The molecular weight excluding hydrogens is 406 g/mol. The molecule has 0 unspecified atom stereocenters. The highest BCUT2D eigenvalue weighted by atomic mass is 35.5. The third-order valence-corrected chi connectivity index (χ3v) is 4.87. The van der Waals surface area contributed by atoms with Gasteiger partial charge in [-0.3, -0.25) is 9.88 Å². The van der Waals surface area contributed by atoms with E-state index in [1.54, 1.807) is 29.3 Å². The minimum absolute atomic E-state index is 0. The Morgan fingerprint density at radius 1 is 1.17 bits per heavy atom. The van der Waals surface area contributed by atoms with E-state index in [1.807, 2.05) is 0 Å². The van der Waals surface area contributed by atoms with Crippen LogP contribution in [0.25, 0.3) is 0 Å². The second-order valence-corrected chi connectivity index (χ2v) is 6.90. The Bertz CT molecular complexity index is 892. The van der Waals surface area contributed by atoms with Gasteiger partial charge in [-0.05, 0) is 23.8 Å². The molecule has 0 spiro atoms. The zero-order valence-corrected chi connectivity index (χ0v) is 15.5. The lowest BCUT2D eigenvalue weighted by Crippen LogP contribution is -2.49. The number of carbonyl (C=O) groups is 1. The molecule has 2 aliphatic heterocycles. The molecule has 0 atom stereocenters. The maximum atomic E-state index is 13.1. The van der Waals surface area contributed by atoms with Crippen molar-refractivity contribution in [3.8, 4) is 11.5 Å². The van der Waals surface area contributed by atoms with Crippen molar-refractivity contribution in [3.63, 3.8) is 0 Å². The van der Waals surface area contributed by atoms with E-state index in [2.05, 4.69) is 24.7 Å². The first kappa shape index (κ1) is 21.1. The highest BCUT2D eigenvalue weighted by Gasteiger charge is 2.43. The number of alkyl halides is 2. The molecule has 0 saturated carbocycles. The summed E-state index contributed by atoms with van der Waals surface area (Å²) in [6.07, 6.45) is -0.565. The zero-order chi connectivity index (χ0) is 19.7. The highest BCUT2D eigenvalue weighted by molar-refractivity contribution is 6.33. The first-order valence-electron chi connectivity index (χ1n) is 8.66. The molecule has 1 aromatic carbocycles. The van der Waals surface area contributed by atoms with Gasteiger partial charge in [-0.1, -0.05) is 25.1 Å². The molecule has 2 aromatic rings. The van der Waals surface area contributed by atoms with Gasteiger partial charge >= 0.3 is 12.3 Å². The number of piperazine rings is 1. The summed E-state index contributed by atoms with van der Waals surface area (Å²) in [5.41, 5.74) is 1.30. The van der Waals surface area contributed by atoms with Crippen molar-refractivity contribution in [2.24, 2.45) is 0 Å². The molecule has 156 valence electrons. The van der Waals surface area contributed by atoms with Gasteiger partial charge in [0, 0.05) is 38.9 Å². The molecule has 0 aliphatic carbocycles. The Balaban J connectivity index is 0.00000240. The van der Waals surface area contributed by atoms with Gasteiger partial charge in [0.05, 0.1) is 16.9 Å². The molecule has 1 aromatic heterocycles. The van der Waals surface area contributed by atoms with E-state index >= 15 is 0 Å².